The fourth-order valence-electron chi connectivity index (χ4n) is 1.43. The van der Waals surface area contributed by atoms with E-state index in [4.69, 9.17) is 0 Å². The normalized spacial score (nSPS) is 35.3. The van der Waals surface area contributed by atoms with Crippen molar-refractivity contribution < 1.29 is 0 Å². The lowest BCUT2D eigenvalue weighted by atomic mass is 9.99. The summed E-state index contributed by atoms with van der Waals surface area (Å²) in [6, 6.07) is 10.7. The first kappa shape index (κ1) is 7.35. The number of hydrogen-bond donors (Lipinski definition) is 0. The maximum absolute atomic E-state index is 3.64. The third-order valence-corrected chi connectivity index (χ3v) is 3.90. The van der Waals surface area contributed by atoms with Gasteiger partial charge in [-0.2, -0.15) is 0 Å². The van der Waals surface area contributed by atoms with Crippen LogP contribution in [-0.2, 0) is 5.41 Å². The molecule has 2 rings (SSSR count). The predicted molar refractivity (Wildman–Crippen MR) is 51.1 cm³/mol. The van der Waals surface area contributed by atoms with Crippen LogP contribution in [0.3, 0.4) is 0 Å². The van der Waals surface area contributed by atoms with Crippen molar-refractivity contribution in [3.63, 3.8) is 0 Å². The second-order valence-corrected chi connectivity index (χ2v) is 4.56. The molecular weight excluding hydrogens is 200 g/mol. The quantitative estimate of drug-likeness (QED) is 0.626. The molecule has 11 heavy (non-hydrogen) atoms. The van der Waals surface area contributed by atoms with E-state index in [-0.39, 0.29) is 0 Å². The van der Waals surface area contributed by atoms with E-state index in [0.29, 0.717) is 10.2 Å². The molecule has 0 spiro atoms. The van der Waals surface area contributed by atoms with Crippen LogP contribution in [0.15, 0.2) is 30.3 Å². The molecule has 0 N–H and O–H groups in total. The van der Waals surface area contributed by atoms with Gasteiger partial charge in [-0.05, 0) is 12.0 Å². The molecule has 2 atom stereocenters. The zero-order valence-electron chi connectivity index (χ0n) is 6.55. The molecule has 1 aromatic rings. The van der Waals surface area contributed by atoms with Gasteiger partial charge >= 0.3 is 0 Å². The molecule has 0 amide bonds. The van der Waals surface area contributed by atoms with Gasteiger partial charge < -0.3 is 0 Å². The molecule has 0 unspecified atom stereocenters. The van der Waals surface area contributed by atoms with Crippen LogP contribution in [0.2, 0.25) is 0 Å². The molecule has 1 aliphatic rings. The average molecular weight is 211 g/mol. The van der Waals surface area contributed by atoms with E-state index in [1.807, 2.05) is 0 Å². The SMILES string of the molecule is C[C@@]1(c2ccccc2)C[C@H]1Br. The van der Waals surface area contributed by atoms with Crippen LogP contribution in [0.1, 0.15) is 18.9 Å². The van der Waals surface area contributed by atoms with Gasteiger partial charge in [-0.15, -0.1) is 0 Å². The fraction of sp³-hybridized carbons (Fsp3) is 0.400. The minimum absolute atomic E-state index is 0.418. The van der Waals surface area contributed by atoms with E-state index in [9.17, 15) is 0 Å². The zero-order valence-corrected chi connectivity index (χ0v) is 8.14. The van der Waals surface area contributed by atoms with Crippen LogP contribution >= 0.6 is 15.9 Å². The minimum Gasteiger partial charge on any atom is -0.0881 e. The second kappa shape index (κ2) is 2.34. The van der Waals surface area contributed by atoms with E-state index in [1.54, 1.807) is 0 Å². The van der Waals surface area contributed by atoms with Crippen molar-refractivity contribution in [3.05, 3.63) is 35.9 Å². The Morgan fingerprint density at radius 2 is 1.91 bits per heavy atom. The second-order valence-electron chi connectivity index (χ2n) is 3.46. The van der Waals surface area contributed by atoms with E-state index >= 15 is 0 Å². The Morgan fingerprint density at radius 1 is 1.36 bits per heavy atom. The summed E-state index contributed by atoms with van der Waals surface area (Å²) in [4.78, 5) is 0.692. The van der Waals surface area contributed by atoms with Crippen LogP contribution in [0, 0.1) is 0 Å². The maximum atomic E-state index is 3.64. The molecule has 58 valence electrons. The number of alkyl halides is 1. The highest BCUT2D eigenvalue weighted by Crippen LogP contribution is 2.52. The molecule has 0 nitrogen and oxygen atoms in total. The van der Waals surface area contributed by atoms with Gasteiger partial charge in [-0.25, -0.2) is 0 Å². The van der Waals surface area contributed by atoms with Crippen LogP contribution in [0.4, 0.5) is 0 Å². The van der Waals surface area contributed by atoms with Crippen molar-refractivity contribution in [1.29, 1.82) is 0 Å². The van der Waals surface area contributed by atoms with Gasteiger partial charge in [-0.1, -0.05) is 53.2 Å². The molecule has 1 saturated carbocycles. The first-order valence-corrected chi connectivity index (χ1v) is 4.85. The Bertz CT molecular complexity index is 255. The summed E-state index contributed by atoms with van der Waals surface area (Å²) in [7, 11) is 0. The van der Waals surface area contributed by atoms with Crippen molar-refractivity contribution in [2.24, 2.45) is 0 Å². The van der Waals surface area contributed by atoms with Crippen molar-refractivity contribution in [2.45, 2.75) is 23.6 Å². The van der Waals surface area contributed by atoms with Crippen molar-refractivity contribution in [3.8, 4) is 0 Å². The summed E-state index contributed by atoms with van der Waals surface area (Å²) in [6.07, 6.45) is 1.27. The Kier molecular flexibility index (Phi) is 1.57. The molecule has 0 aliphatic heterocycles. The Labute approximate surface area is 75.8 Å². The molecule has 0 radical (unpaired) electrons. The van der Waals surface area contributed by atoms with Gasteiger partial charge in [0.25, 0.3) is 0 Å². The van der Waals surface area contributed by atoms with Crippen molar-refractivity contribution >= 4 is 15.9 Å². The number of halogens is 1. The van der Waals surface area contributed by atoms with Gasteiger partial charge in [0.1, 0.15) is 0 Å². The van der Waals surface area contributed by atoms with E-state index < -0.39 is 0 Å². The Morgan fingerprint density at radius 3 is 2.36 bits per heavy atom. The van der Waals surface area contributed by atoms with E-state index in [0.717, 1.165) is 0 Å². The largest absolute Gasteiger partial charge is 0.0881 e. The summed E-state index contributed by atoms with van der Waals surface area (Å²) in [5.41, 5.74) is 1.88. The summed E-state index contributed by atoms with van der Waals surface area (Å²) < 4.78 is 0. The summed E-state index contributed by atoms with van der Waals surface area (Å²) in [5, 5.41) is 0. The predicted octanol–water partition coefficient (Wildman–Crippen LogP) is 3.11. The minimum atomic E-state index is 0.418. The first-order chi connectivity index (χ1) is 5.23. The maximum Gasteiger partial charge on any atom is 0.0249 e. The molecular formula is C10H11Br. The Hall–Kier alpha value is -0.300. The van der Waals surface area contributed by atoms with Gasteiger partial charge in [0.15, 0.2) is 0 Å². The zero-order chi connectivity index (χ0) is 7.90. The van der Waals surface area contributed by atoms with Crippen molar-refractivity contribution in [2.75, 3.05) is 0 Å². The average Bonchev–Trinajstić information content (AvgIpc) is 2.64. The molecule has 0 heterocycles. The van der Waals surface area contributed by atoms with Gasteiger partial charge in [-0.3, -0.25) is 0 Å². The van der Waals surface area contributed by atoms with Crippen LogP contribution in [0.25, 0.3) is 0 Å². The lowest BCUT2D eigenvalue weighted by molar-refractivity contribution is 0.795. The van der Waals surface area contributed by atoms with Gasteiger partial charge in [0.05, 0.1) is 0 Å². The molecule has 1 aromatic carbocycles. The van der Waals surface area contributed by atoms with Gasteiger partial charge in [0, 0.05) is 10.2 Å². The van der Waals surface area contributed by atoms with Crippen LogP contribution in [-0.4, -0.2) is 4.83 Å². The van der Waals surface area contributed by atoms with Crippen LogP contribution < -0.4 is 0 Å². The van der Waals surface area contributed by atoms with E-state index in [1.165, 1.54) is 12.0 Å². The highest BCUT2D eigenvalue weighted by Gasteiger charge is 2.49. The smallest absolute Gasteiger partial charge is 0.0249 e. The highest BCUT2D eigenvalue weighted by molar-refractivity contribution is 9.09. The van der Waals surface area contributed by atoms with E-state index in [2.05, 4.69) is 53.2 Å². The molecule has 0 saturated heterocycles. The molecule has 1 heteroatoms. The standard InChI is InChI=1S/C10H11Br/c1-10(7-9(10)11)8-5-3-2-4-6-8/h2-6,9H,7H2,1H3/t9-,10+/m1/s1. The number of hydrogen-bond acceptors (Lipinski definition) is 0. The lowest BCUT2D eigenvalue weighted by Crippen LogP contribution is -2.02. The third-order valence-electron chi connectivity index (χ3n) is 2.57. The Balaban J connectivity index is 2.32. The monoisotopic (exact) mass is 210 g/mol. The summed E-state index contributed by atoms with van der Waals surface area (Å²) in [6.45, 7) is 2.31. The summed E-state index contributed by atoms with van der Waals surface area (Å²) in [5.74, 6) is 0. The number of benzene rings is 1. The topological polar surface area (TPSA) is 0 Å². The fourth-order valence-corrected chi connectivity index (χ4v) is 2.37. The molecule has 0 aromatic heterocycles. The molecule has 1 aliphatic carbocycles. The molecule has 1 fully saturated rings. The van der Waals surface area contributed by atoms with Crippen LogP contribution in [0.5, 0.6) is 0 Å². The molecule has 0 bridgehead atoms. The van der Waals surface area contributed by atoms with Crippen molar-refractivity contribution in [1.82, 2.24) is 0 Å². The summed E-state index contributed by atoms with van der Waals surface area (Å²) >= 11 is 3.64. The lowest BCUT2D eigenvalue weighted by Gasteiger charge is -2.07. The third kappa shape index (κ3) is 1.12. The first-order valence-electron chi connectivity index (χ1n) is 3.93. The highest BCUT2D eigenvalue weighted by atomic mass is 79.9. The van der Waals surface area contributed by atoms with Gasteiger partial charge in [0.2, 0.25) is 0 Å². The number of rotatable bonds is 1.